The smallest absolute Gasteiger partial charge is 0.387 e. The number of hydrogen-bond donors (Lipinski definition) is 1. The SMILES string of the molecule is CC1COCC(C)N1c1cc(Nc2cc(-c3ccc(OC(F)F)cc3)cnn2)c(F)cn1. The number of rotatable bonds is 6. The van der Waals surface area contributed by atoms with Crippen molar-refractivity contribution in [1.82, 2.24) is 15.2 Å². The number of pyridine rings is 1. The third-order valence-electron chi connectivity index (χ3n) is 5.10. The topological polar surface area (TPSA) is 72.4 Å². The highest BCUT2D eigenvalue weighted by molar-refractivity contribution is 5.69. The van der Waals surface area contributed by atoms with E-state index in [-0.39, 0.29) is 23.5 Å². The van der Waals surface area contributed by atoms with Crippen molar-refractivity contribution in [3.63, 3.8) is 0 Å². The van der Waals surface area contributed by atoms with Crippen LogP contribution >= 0.6 is 0 Å². The van der Waals surface area contributed by atoms with E-state index in [1.807, 2.05) is 13.8 Å². The number of benzene rings is 1. The van der Waals surface area contributed by atoms with Crippen molar-refractivity contribution >= 4 is 17.3 Å². The molecule has 1 N–H and O–H groups in total. The first-order chi connectivity index (χ1) is 15.4. The maximum atomic E-state index is 14.5. The molecule has 1 aliphatic heterocycles. The normalized spacial score (nSPS) is 18.6. The van der Waals surface area contributed by atoms with Gasteiger partial charge in [-0.2, -0.15) is 13.9 Å². The van der Waals surface area contributed by atoms with Crippen molar-refractivity contribution in [2.45, 2.75) is 32.5 Å². The molecule has 4 rings (SSSR count). The van der Waals surface area contributed by atoms with Crippen LogP contribution in [0.25, 0.3) is 11.1 Å². The fourth-order valence-electron chi connectivity index (χ4n) is 3.67. The molecule has 7 nitrogen and oxygen atoms in total. The predicted octanol–water partition coefficient (Wildman–Crippen LogP) is 4.64. The molecule has 1 fully saturated rings. The second kappa shape index (κ2) is 9.39. The van der Waals surface area contributed by atoms with E-state index in [4.69, 9.17) is 4.74 Å². The summed E-state index contributed by atoms with van der Waals surface area (Å²) in [5.41, 5.74) is 1.61. The van der Waals surface area contributed by atoms with Crippen molar-refractivity contribution in [1.29, 1.82) is 0 Å². The molecule has 2 unspecified atom stereocenters. The maximum absolute atomic E-state index is 14.5. The Labute approximate surface area is 183 Å². The molecule has 168 valence electrons. The summed E-state index contributed by atoms with van der Waals surface area (Å²) in [5.74, 6) is 0.496. The van der Waals surface area contributed by atoms with Crippen molar-refractivity contribution < 1.29 is 22.6 Å². The lowest BCUT2D eigenvalue weighted by Crippen LogP contribution is -2.50. The highest BCUT2D eigenvalue weighted by Gasteiger charge is 2.27. The van der Waals surface area contributed by atoms with Gasteiger partial charge in [-0.15, -0.1) is 5.10 Å². The molecule has 3 heterocycles. The Balaban J connectivity index is 1.56. The molecule has 32 heavy (non-hydrogen) atoms. The summed E-state index contributed by atoms with van der Waals surface area (Å²) >= 11 is 0. The minimum Gasteiger partial charge on any atom is -0.435 e. The standard InChI is InChI=1S/C22H22F3N5O2/c1-13-11-31-12-14(2)30(13)21-8-19(18(23)10-26-21)28-20-7-16(9-27-29-20)15-3-5-17(6-4-15)32-22(24)25/h3-10,13-14,22H,11-12H2,1-2H3,(H,26,28,29). The van der Waals surface area contributed by atoms with Gasteiger partial charge < -0.3 is 19.7 Å². The van der Waals surface area contributed by atoms with Gasteiger partial charge in [0.05, 0.1) is 43.4 Å². The van der Waals surface area contributed by atoms with Crippen LogP contribution in [-0.4, -0.2) is 47.1 Å². The van der Waals surface area contributed by atoms with E-state index in [2.05, 4.69) is 30.1 Å². The monoisotopic (exact) mass is 445 g/mol. The first-order valence-electron chi connectivity index (χ1n) is 10.1. The van der Waals surface area contributed by atoms with E-state index in [0.29, 0.717) is 30.4 Å². The first-order valence-corrected chi connectivity index (χ1v) is 10.1. The van der Waals surface area contributed by atoms with Crippen molar-refractivity contribution in [3.05, 3.63) is 54.6 Å². The van der Waals surface area contributed by atoms with E-state index in [1.165, 1.54) is 24.5 Å². The lowest BCUT2D eigenvalue weighted by molar-refractivity contribution is -0.0498. The molecule has 10 heteroatoms. The van der Waals surface area contributed by atoms with Crippen LogP contribution in [-0.2, 0) is 4.74 Å². The van der Waals surface area contributed by atoms with Crippen molar-refractivity contribution in [2.75, 3.05) is 23.4 Å². The molecule has 1 aliphatic rings. The third-order valence-corrected chi connectivity index (χ3v) is 5.10. The number of aromatic nitrogens is 3. The van der Waals surface area contributed by atoms with Gasteiger partial charge in [-0.1, -0.05) is 12.1 Å². The zero-order valence-corrected chi connectivity index (χ0v) is 17.5. The number of nitrogens with one attached hydrogen (secondary N) is 1. The molecule has 1 aromatic carbocycles. The number of nitrogens with zero attached hydrogens (tertiary/aromatic N) is 4. The van der Waals surface area contributed by atoms with Gasteiger partial charge in [0.1, 0.15) is 11.6 Å². The average molecular weight is 445 g/mol. The number of halogens is 3. The molecule has 0 spiro atoms. The lowest BCUT2D eigenvalue weighted by Gasteiger charge is -2.39. The molecule has 0 bridgehead atoms. The van der Waals surface area contributed by atoms with Crippen LogP contribution in [0.1, 0.15) is 13.8 Å². The maximum Gasteiger partial charge on any atom is 0.387 e. The Morgan fingerprint density at radius 2 is 1.78 bits per heavy atom. The highest BCUT2D eigenvalue weighted by atomic mass is 19.3. The van der Waals surface area contributed by atoms with Crippen LogP contribution in [0, 0.1) is 5.82 Å². The second-order valence-corrected chi connectivity index (χ2v) is 7.52. The molecule has 0 saturated carbocycles. The fraction of sp³-hybridized carbons (Fsp3) is 0.318. The number of alkyl halides is 2. The highest BCUT2D eigenvalue weighted by Crippen LogP contribution is 2.29. The molecule has 3 aromatic rings. The van der Waals surface area contributed by atoms with Gasteiger partial charge in [-0.3, -0.25) is 0 Å². The van der Waals surface area contributed by atoms with Crippen LogP contribution in [0.4, 0.5) is 30.5 Å². The summed E-state index contributed by atoms with van der Waals surface area (Å²) < 4.78 is 49.1. The zero-order valence-electron chi connectivity index (χ0n) is 17.5. The van der Waals surface area contributed by atoms with E-state index in [9.17, 15) is 13.2 Å². The van der Waals surface area contributed by atoms with E-state index in [0.717, 1.165) is 5.56 Å². The minimum absolute atomic E-state index is 0.0575. The minimum atomic E-state index is -2.89. The Morgan fingerprint density at radius 1 is 1.06 bits per heavy atom. The van der Waals surface area contributed by atoms with Gasteiger partial charge >= 0.3 is 6.61 Å². The van der Waals surface area contributed by atoms with Crippen molar-refractivity contribution in [3.8, 4) is 16.9 Å². The van der Waals surface area contributed by atoms with Crippen LogP contribution in [0.5, 0.6) is 5.75 Å². The molecule has 2 aromatic heterocycles. The Kier molecular flexibility index (Phi) is 6.40. The molecule has 1 saturated heterocycles. The van der Waals surface area contributed by atoms with Crippen LogP contribution in [0.3, 0.4) is 0 Å². The van der Waals surface area contributed by atoms with Gasteiger partial charge in [0.2, 0.25) is 0 Å². The van der Waals surface area contributed by atoms with E-state index >= 15 is 0 Å². The first kappa shape index (κ1) is 21.8. The number of anilines is 3. The summed E-state index contributed by atoms with van der Waals surface area (Å²) in [6.07, 6.45) is 2.70. The third kappa shape index (κ3) is 4.91. The molecule has 0 amide bonds. The van der Waals surface area contributed by atoms with E-state index in [1.54, 1.807) is 24.3 Å². The summed E-state index contributed by atoms with van der Waals surface area (Å²) in [7, 11) is 0. The van der Waals surface area contributed by atoms with Gasteiger partial charge in [-0.25, -0.2) is 9.37 Å². The molecular formula is C22H22F3N5O2. The van der Waals surface area contributed by atoms with Crippen LogP contribution in [0.2, 0.25) is 0 Å². The number of ether oxygens (including phenoxy) is 2. The largest absolute Gasteiger partial charge is 0.435 e. The lowest BCUT2D eigenvalue weighted by atomic mass is 10.1. The molecule has 2 atom stereocenters. The number of hydrogen-bond acceptors (Lipinski definition) is 7. The van der Waals surface area contributed by atoms with Crippen LogP contribution < -0.4 is 15.0 Å². The molecular weight excluding hydrogens is 423 g/mol. The van der Waals surface area contributed by atoms with Crippen LogP contribution in [0.15, 0.2) is 48.8 Å². The van der Waals surface area contributed by atoms with Gasteiger partial charge in [0.25, 0.3) is 0 Å². The second-order valence-electron chi connectivity index (χ2n) is 7.52. The summed E-state index contributed by atoms with van der Waals surface area (Å²) in [6, 6.07) is 9.67. The summed E-state index contributed by atoms with van der Waals surface area (Å²) in [6.45, 7) is 2.31. The van der Waals surface area contributed by atoms with Gasteiger partial charge in [-0.05, 0) is 37.6 Å². The number of morpholine rings is 1. The Morgan fingerprint density at radius 3 is 2.47 bits per heavy atom. The van der Waals surface area contributed by atoms with E-state index < -0.39 is 12.4 Å². The Hall–Kier alpha value is -3.40. The van der Waals surface area contributed by atoms with Gasteiger partial charge in [0, 0.05) is 11.6 Å². The summed E-state index contributed by atoms with van der Waals surface area (Å²) in [5, 5.41) is 10.9. The predicted molar refractivity (Wildman–Crippen MR) is 114 cm³/mol. The molecule has 0 radical (unpaired) electrons. The Bertz CT molecular complexity index is 1060. The average Bonchev–Trinajstić information content (AvgIpc) is 2.76. The van der Waals surface area contributed by atoms with Gasteiger partial charge in [0.15, 0.2) is 11.6 Å². The molecule has 0 aliphatic carbocycles. The van der Waals surface area contributed by atoms with Crippen molar-refractivity contribution in [2.24, 2.45) is 0 Å². The quantitative estimate of drug-likeness (QED) is 0.593. The summed E-state index contributed by atoms with van der Waals surface area (Å²) in [4.78, 5) is 6.35. The zero-order chi connectivity index (χ0) is 22.7. The fourth-order valence-corrected chi connectivity index (χ4v) is 3.67.